The maximum atomic E-state index is 12.7. The van der Waals surface area contributed by atoms with Gasteiger partial charge in [0.15, 0.2) is 17.8 Å². The topological polar surface area (TPSA) is 75.8 Å². The van der Waals surface area contributed by atoms with Crippen LogP contribution in [0.5, 0.6) is 0 Å². The van der Waals surface area contributed by atoms with Gasteiger partial charge in [0.25, 0.3) is 5.91 Å². The number of aliphatic hydroxyl groups excluding tert-OH is 1. The molecule has 6 nitrogen and oxygen atoms in total. The largest absolute Gasteiger partial charge is 0.445 e. The van der Waals surface area contributed by atoms with Gasteiger partial charge in [-0.1, -0.05) is 0 Å². The van der Waals surface area contributed by atoms with Crippen molar-refractivity contribution in [3.8, 4) is 0 Å². The van der Waals surface area contributed by atoms with E-state index in [0.717, 1.165) is 25.7 Å². The quantitative estimate of drug-likeness (QED) is 0.919. The zero-order chi connectivity index (χ0) is 14.8. The summed E-state index contributed by atoms with van der Waals surface area (Å²) in [6.45, 7) is 3.77. The number of hydrogen-bond donors (Lipinski definition) is 1. The van der Waals surface area contributed by atoms with Crippen LogP contribution in [0.1, 0.15) is 55.0 Å². The minimum Gasteiger partial charge on any atom is -0.445 e. The fourth-order valence-corrected chi connectivity index (χ4v) is 3.17. The predicted octanol–water partition coefficient (Wildman–Crippen LogP) is 1.76. The third-order valence-corrected chi connectivity index (χ3v) is 4.45. The molecule has 21 heavy (non-hydrogen) atoms. The molecule has 1 N–H and O–H groups in total. The minimum absolute atomic E-state index is 0.111. The zero-order valence-electron chi connectivity index (χ0n) is 12.3. The maximum absolute atomic E-state index is 12.7. The van der Waals surface area contributed by atoms with Crippen molar-refractivity contribution < 1.29 is 19.1 Å². The van der Waals surface area contributed by atoms with E-state index in [1.54, 1.807) is 11.8 Å². The number of aromatic nitrogens is 1. The second kappa shape index (κ2) is 6.15. The van der Waals surface area contributed by atoms with Crippen LogP contribution in [0.4, 0.5) is 0 Å². The molecule has 0 spiro atoms. The Morgan fingerprint density at radius 1 is 1.48 bits per heavy atom. The Balaban J connectivity index is 1.74. The molecule has 3 unspecified atom stereocenters. The number of hydrogen-bond acceptors (Lipinski definition) is 5. The Labute approximate surface area is 124 Å². The molecule has 0 bridgehead atoms. The average Bonchev–Trinajstić information content (AvgIpc) is 3.17. The highest BCUT2D eigenvalue weighted by Gasteiger charge is 2.33. The SMILES string of the molecule is CC(O)C1CCCN(C(=O)c2ncoc2C2CCCO2)C1. The Bertz CT molecular complexity index is 494. The van der Waals surface area contributed by atoms with E-state index in [0.29, 0.717) is 31.2 Å². The first kappa shape index (κ1) is 14.5. The monoisotopic (exact) mass is 294 g/mol. The first-order valence-electron chi connectivity index (χ1n) is 7.69. The first-order chi connectivity index (χ1) is 10.2. The Kier molecular flexibility index (Phi) is 4.26. The van der Waals surface area contributed by atoms with Crippen molar-refractivity contribution in [1.29, 1.82) is 0 Å². The summed E-state index contributed by atoms with van der Waals surface area (Å²) in [7, 11) is 0. The van der Waals surface area contributed by atoms with Gasteiger partial charge in [0.1, 0.15) is 6.10 Å². The molecule has 1 aromatic rings. The summed E-state index contributed by atoms with van der Waals surface area (Å²) in [5, 5.41) is 9.74. The number of likely N-dealkylation sites (tertiary alicyclic amines) is 1. The third kappa shape index (κ3) is 2.96. The summed E-state index contributed by atoms with van der Waals surface area (Å²) in [6.07, 6.45) is 4.49. The van der Waals surface area contributed by atoms with Crippen molar-refractivity contribution in [3.63, 3.8) is 0 Å². The molecule has 2 aliphatic heterocycles. The number of aliphatic hydroxyl groups is 1. The van der Waals surface area contributed by atoms with Gasteiger partial charge in [0.2, 0.25) is 0 Å². The summed E-state index contributed by atoms with van der Waals surface area (Å²) in [5.41, 5.74) is 0.369. The van der Waals surface area contributed by atoms with Crippen LogP contribution in [0, 0.1) is 5.92 Å². The van der Waals surface area contributed by atoms with E-state index in [9.17, 15) is 9.90 Å². The molecule has 0 radical (unpaired) electrons. The lowest BCUT2D eigenvalue weighted by Gasteiger charge is -2.33. The Morgan fingerprint density at radius 3 is 3.05 bits per heavy atom. The number of oxazole rings is 1. The van der Waals surface area contributed by atoms with Crippen molar-refractivity contribution in [3.05, 3.63) is 17.8 Å². The van der Waals surface area contributed by atoms with Gasteiger partial charge in [0, 0.05) is 25.6 Å². The Hall–Kier alpha value is -1.40. The number of ether oxygens (including phenoxy) is 1. The maximum Gasteiger partial charge on any atom is 0.276 e. The molecule has 0 saturated carbocycles. The third-order valence-electron chi connectivity index (χ3n) is 4.45. The molecule has 3 heterocycles. The molecule has 6 heteroatoms. The molecular weight excluding hydrogens is 272 g/mol. The van der Waals surface area contributed by atoms with E-state index < -0.39 is 6.10 Å². The van der Waals surface area contributed by atoms with E-state index in [4.69, 9.17) is 9.15 Å². The fraction of sp³-hybridized carbons (Fsp3) is 0.733. The highest BCUT2D eigenvalue weighted by atomic mass is 16.5. The lowest BCUT2D eigenvalue weighted by molar-refractivity contribution is 0.0449. The van der Waals surface area contributed by atoms with Crippen LogP contribution in [0.2, 0.25) is 0 Å². The van der Waals surface area contributed by atoms with Gasteiger partial charge < -0.3 is 19.2 Å². The predicted molar refractivity (Wildman–Crippen MR) is 74.7 cm³/mol. The smallest absolute Gasteiger partial charge is 0.276 e. The van der Waals surface area contributed by atoms with Gasteiger partial charge in [-0.05, 0) is 32.6 Å². The fourth-order valence-electron chi connectivity index (χ4n) is 3.17. The molecule has 3 atom stereocenters. The van der Waals surface area contributed by atoms with Gasteiger partial charge in [0.05, 0.1) is 6.10 Å². The normalized spacial score (nSPS) is 27.8. The summed E-state index contributed by atoms with van der Waals surface area (Å²) < 4.78 is 11.0. The molecule has 2 saturated heterocycles. The molecule has 3 rings (SSSR count). The van der Waals surface area contributed by atoms with Crippen molar-refractivity contribution in [1.82, 2.24) is 9.88 Å². The molecular formula is C15H22N2O4. The number of rotatable bonds is 3. The molecule has 2 fully saturated rings. The molecule has 1 amide bonds. The van der Waals surface area contributed by atoms with E-state index in [1.807, 2.05) is 0 Å². The second-order valence-corrected chi connectivity index (χ2v) is 5.96. The lowest BCUT2D eigenvalue weighted by atomic mass is 9.93. The summed E-state index contributed by atoms with van der Waals surface area (Å²) in [5.74, 6) is 0.581. The van der Waals surface area contributed by atoms with Crippen LogP contribution in [-0.2, 0) is 4.74 Å². The molecule has 116 valence electrons. The van der Waals surface area contributed by atoms with Gasteiger partial charge in [-0.25, -0.2) is 4.98 Å². The minimum atomic E-state index is -0.393. The lowest BCUT2D eigenvalue weighted by Crippen LogP contribution is -2.43. The van der Waals surface area contributed by atoms with E-state index in [1.165, 1.54) is 6.39 Å². The molecule has 0 aliphatic carbocycles. The summed E-state index contributed by atoms with van der Waals surface area (Å²) >= 11 is 0. The van der Waals surface area contributed by atoms with Crippen molar-refractivity contribution >= 4 is 5.91 Å². The molecule has 2 aliphatic rings. The Morgan fingerprint density at radius 2 is 2.33 bits per heavy atom. The van der Waals surface area contributed by atoms with Gasteiger partial charge in [-0.15, -0.1) is 0 Å². The van der Waals surface area contributed by atoms with Gasteiger partial charge >= 0.3 is 0 Å². The number of piperidine rings is 1. The average molecular weight is 294 g/mol. The molecule has 1 aromatic heterocycles. The van der Waals surface area contributed by atoms with Crippen LogP contribution < -0.4 is 0 Å². The summed E-state index contributed by atoms with van der Waals surface area (Å²) in [6, 6.07) is 0. The van der Waals surface area contributed by atoms with Crippen LogP contribution in [0.15, 0.2) is 10.8 Å². The number of carbonyl (C=O) groups is 1. The van der Waals surface area contributed by atoms with Crippen LogP contribution >= 0.6 is 0 Å². The highest BCUT2D eigenvalue weighted by molar-refractivity contribution is 5.93. The van der Waals surface area contributed by atoms with Gasteiger partial charge in [-0.2, -0.15) is 0 Å². The van der Waals surface area contributed by atoms with Crippen molar-refractivity contribution in [2.24, 2.45) is 5.92 Å². The van der Waals surface area contributed by atoms with E-state index in [2.05, 4.69) is 4.98 Å². The summed E-state index contributed by atoms with van der Waals surface area (Å²) in [4.78, 5) is 18.6. The highest BCUT2D eigenvalue weighted by Crippen LogP contribution is 2.31. The number of amides is 1. The van der Waals surface area contributed by atoms with Crippen molar-refractivity contribution in [2.45, 2.75) is 44.8 Å². The first-order valence-corrected chi connectivity index (χ1v) is 7.69. The van der Waals surface area contributed by atoms with Crippen LogP contribution in [0.3, 0.4) is 0 Å². The standard InChI is InChI=1S/C15H22N2O4/c1-10(18)11-4-2-6-17(8-11)15(19)13-14(21-9-16-13)12-5-3-7-20-12/h9-12,18H,2-8H2,1H3. The van der Waals surface area contributed by atoms with E-state index in [-0.39, 0.29) is 17.9 Å². The number of carbonyl (C=O) groups excluding carboxylic acids is 1. The number of nitrogens with zero attached hydrogens (tertiary/aromatic N) is 2. The molecule has 0 aromatic carbocycles. The van der Waals surface area contributed by atoms with Crippen LogP contribution in [-0.4, -0.2) is 46.7 Å². The van der Waals surface area contributed by atoms with Gasteiger partial charge in [-0.3, -0.25) is 4.79 Å². The second-order valence-electron chi connectivity index (χ2n) is 5.96. The van der Waals surface area contributed by atoms with Crippen LogP contribution in [0.25, 0.3) is 0 Å². The zero-order valence-corrected chi connectivity index (χ0v) is 12.3. The van der Waals surface area contributed by atoms with E-state index >= 15 is 0 Å². The van der Waals surface area contributed by atoms with Crippen molar-refractivity contribution in [2.75, 3.05) is 19.7 Å².